The Hall–Kier alpha value is -0.300. The Morgan fingerprint density at radius 3 is 3.07 bits per heavy atom. The van der Waals surface area contributed by atoms with Crippen LogP contribution in [-0.4, -0.2) is 35.5 Å². The normalized spacial score (nSPS) is 10.2. The molecule has 1 aromatic heterocycles. The van der Waals surface area contributed by atoms with E-state index in [0.29, 0.717) is 15.0 Å². The Morgan fingerprint density at radius 2 is 2.50 bits per heavy atom. The van der Waals surface area contributed by atoms with E-state index in [0.717, 1.165) is 0 Å². The first-order valence-corrected chi connectivity index (χ1v) is 5.85. The second kappa shape index (κ2) is 5.55. The molecule has 0 saturated heterocycles. The minimum atomic E-state index is -0.483. The Morgan fingerprint density at radius 1 is 1.79 bits per heavy atom. The third-order valence-electron chi connectivity index (χ3n) is 1.25. The van der Waals surface area contributed by atoms with Gasteiger partial charge in [-0.15, -0.1) is 0 Å². The molecule has 0 saturated carbocycles. The van der Waals surface area contributed by atoms with Crippen molar-refractivity contribution in [2.75, 3.05) is 19.5 Å². The van der Waals surface area contributed by atoms with Crippen LogP contribution in [0.25, 0.3) is 0 Å². The highest BCUT2D eigenvalue weighted by atomic mass is 35.5. The SMILES string of the molecule is COC(=O)c1sc(SCCO)nc1Cl. The zero-order chi connectivity index (χ0) is 10.6. The van der Waals surface area contributed by atoms with Crippen LogP contribution >= 0.6 is 34.7 Å². The van der Waals surface area contributed by atoms with Crippen molar-refractivity contribution >= 4 is 40.7 Å². The average molecular weight is 254 g/mol. The van der Waals surface area contributed by atoms with Crippen molar-refractivity contribution < 1.29 is 14.6 Å². The van der Waals surface area contributed by atoms with Gasteiger partial charge in [0.2, 0.25) is 0 Å². The van der Waals surface area contributed by atoms with Crippen LogP contribution in [0.1, 0.15) is 9.67 Å². The second-order valence-corrected chi connectivity index (χ2v) is 4.86. The van der Waals surface area contributed by atoms with E-state index >= 15 is 0 Å². The van der Waals surface area contributed by atoms with E-state index in [2.05, 4.69) is 9.72 Å². The summed E-state index contributed by atoms with van der Waals surface area (Å²) in [5.41, 5.74) is 0. The van der Waals surface area contributed by atoms with Crippen molar-refractivity contribution in [3.05, 3.63) is 10.0 Å². The highest BCUT2D eigenvalue weighted by Gasteiger charge is 2.17. The van der Waals surface area contributed by atoms with E-state index in [9.17, 15) is 4.79 Å². The van der Waals surface area contributed by atoms with Crippen molar-refractivity contribution in [3.8, 4) is 0 Å². The van der Waals surface area contributed by atoms with E-state index in [1.807, 2.05) is 0 Å². The Kier molecular flexibility index (Phi) is 4.67. The molecule has 14 heavy (non-hydrogen) atoms. The van der Waals surface area contributed by atoms with Gasteiger partial charge in [0.1, 0.15) is 0 Å². The summed E-state index contributed by atoms with van der Waals surface area (Å²) >= 11 is 8.24. The molecule has 1 N–H and O–H groups in total. The van der Waals surface area contributed by atoms with Gasteiger partial charge in [-0.05, 0) is 0 Å². The number of esters is 1. The Bertz CT molecular complexity index is 329. The van der Waals surface area contributed by atoms with Crippen molar-refractivity contribution in [2.45, 2.75) is 4.34 Å². The number of nitrogens with zero attached hydrogens (tertiary/aromatic N) is 1. The maximum atomic E-state index is 11.1. The van der Waals surface area contributed by atoms with Crippen LogP contribution in [-0.2, 0) is 4.74 Å². The first-order valence-electron chi connectivity index (χ1n) is 3.67. The third kappa shape index (κ3) is 2.84. The van der Waals surface area contributed by atoms with E-state index in [-0.39, 0.29) is 11.8 Å². The van der Waals surface area contributed by atoms with Crippen LogP contribution in [0.2, 0.25) is 5.15 Å². The van der Waals surface area contributed by atoms with Crippen molar-refractivity contribution in [3.63, 3.8) is 0 Å². The molecule has 78 valence electrons. The molecule has 0 radical (unpaired) electrons. The number of aromatic nitrogens is 1. The zero-order valence-electron chi connectivity index (χ0n) is 7.32. The highest BCUT2D eigenvalue weighted by molar-refractivity contribution is 8.01. The standard InChI is InChI=1S/C7H8ClNO3S2/c1-12-6(11)4-5(8)9-7(14-4)13-3-2-10/h10H,2-3H2,1H3. The van der Waals surface area contributed by atoms with Gasteiger partial charge < -0.3 is 9.84 Å². The number of carbonyl (C=O) groups excluding carboxylic acids is 1. The molecule has 0 fully saturated rings. The molecule has 0 aliphatic rings. The van der Waals surface area contributed by atoms with Gasteiger partial charge in [-0.1, -0.05) is 34.7 Å². The fourth-order valence-corrected chi connectivity index (χ4v) is 2.84. The quantitative estimate of drug-likeness (QED) is 0.653. The number of hydrogen-bond donors (Lipinski definition) is 1. The summed E-state index contributed by atoms with van der Waals surface area (Å²) in [5.74, 6) is 0.0492. The van der Waals surface area contributed by atoms with Crippen LogP contribution in [0, 0.1) is 0 Å². The van der Waals surface area contributed by atoms with Gasteiger partial charge in [0, 0.05) is 5.75 Å². The van der Waals surface area contributed by atoms with Gasteiger partial charge in [-0.3, -0.25) is 0 Å². The summed E-state index contributed by atoms with van der Waals surface area (Å²) in [4.78, 5) is 15.4. The molecule has 1 rings (SSSR count). The molecule has 1 heterocycles. The highest BCUT2D eigenvalue weighted by Crippen LogP contribution is 2.30. The number of halogens is 1. The second-order valence-electron chi connectivity index (χ2n) is 2.16. The van der Waals surface area contributed by atoms with Gasteiger partial charge >= 0.3 is 5.97 Å². The number of carbonyl (C=O) groups is 1. The van der Waals surface area contributed by atoms with Gasteiger partial charge in [0.15, 0.2) is 14.4 Å². The molecule has 0 unspecified atom stereocenters. The predicted octanol–water partition coefficient (Wildman–Crippen LogP) is 1.67. The van der Waals surface area contributed by atoms with Gasteiger partial charge in [0.25, 0.3) is 0 Å². The van der Waals surface area contributed by atoms with Crippen LogP contribution < -0.4 is 0 Å². The van der Waals surface area contributed by atoms with E-state index < -0.39 is 5.97 Å². The van der Waals surface area contributed by atoms with Crippen LogP contribution in [0.3, 0.4) is 0 Å². The largest absolute Gasteiger partial charge is 0.465 e. The summed E-state index contributed by atoms with van der Waals surface area (Å²) < 4.78 is 5.18. The summed E-state index contributed by atoms with van der Waals surface area (Å²) in [6.45, 7) is 0.0649. The maximum absolute atomic E-state index is 11.1. The fraction of sp³-hybridized carbons (Fsp3) is 0.429. The molecular weight excluding hydrogens is 246 g/mol. The molecule has 0 bridgehead atoms. The van der Waals surface area contributed by atoms with Gasteiger partial charge in [-0.2, -0.15) is 0 Å². The summed E-state index contributed by atoms with van der Waals surface area (Å²) in [7, 11) is 1.29. The third-order valence-corrected chi connectivity index (χ3v) is 3.80. The summed E-state index contributed by atoms with van der Waals surface area (Å²) in [6, 6.07) is 0. The van der Waals surface area contributed by atoms with Crippen LogP contribution in [0.15, 0.2) is 4.34 Å². The topological polar surface area (TPSA) is 59.4 Å². The first-order chi connectivity index (χ1) is 6.69. The molecule has 0 amide bonds. The van der Waals surface area contributed by atoms with Crippen LogP contribution in [0.4, 0.5) is 0 Å². The van der Waals surface area contributed by atoms with Gasteiger partial charge in [-0.25, -0.2) is 9.78 Å². The minimum Gasteiger partial charge on any atom is -0.465 e. The molecule has 1 aromatic rings. The molecule has 0 atom stereocenters. The molecule has 0 spiro atoms. The monoisotopic (exact) mass is 253 g/mol. The van der Waals surface area contributed by atoms with E-state index in [1.165, 1.54) is 30.2 Å². The number of aliphatic hydroxyl groups excluding tert-OH is 1. The maximum Gasteiger partial charge on any atom is 0.351 e. The number of aliphatic hydroxyl groups is 1. The number of thiazole rings is 1. The molecule has 4 nitrogen and oxygen atoms in total. The van der Waals surface area contributed by atoms with Gasteiger partial charge in [0.05, 0.1) is 13.7 Å². The van der Waals surface area contributed by atoms with E-state index in [4.69, 9.17) is 16.7 Å². The first kappa shape index (κ1) is 11.8. The summed E-state index contributed by atoms with van der Waals surface area (Å²) in [5, 5.41) is 8.75. The van der Waals surface area contributed by atoms with Crippen molar-refractivity contribution in [1.29, 1.82) is 0 Å². The molecule has 0 aliphatic heterocycles. The molecule has 0 aromatic carbocycles. The Labute approximate surface area is 94.2 Å². The smallest absolute Gasteiger partial charge is 0.351 e. The number of methoxy groups -OCH3 is 1. The molecule has 0 aliphatic carbocycles. The lowest BCUT2D eigenvalue weighted by Crippen LogP contribution is -1.98. The lowest BCUT2D eigenvalue weighted by atomic mass is 10.6. The lowest BCUT2D eigenvalue weighted by molar-refractivity contribution is 0.0606. The number of rotatable bonds is 4. The average Bonchev–Trinajstić information content (AvgIpc) is 2.55. The van der Waals surface area contributed by atoms with E-state index in [1.54, 1.807) is 0 Å². The van der Waals surface area contributed by atoms with Crippen LogP contribution in [0.5, 0.6) is 0 Å². The lowest BCUT2D eigenvalue weighted by Gasteiger charge is -1.92. The van der Waals surface area contributed by atoms with Crippen molar-refractivity contribution in [1.82, 2.24) is 4.98 Å². The fourth-order valence-electron chi connectivity index (χ4n) is 0.696. The minimum absolute atomic E-state index is 0.0649. The predicted molar refractivity (Wildman–Crippen MR) is 56.3 cm³/mol. The number of ether oxygens (including phenoxy) is 1. The zero-order valence-corrected chi connectivity index (χ0v) is 9.71. The Balaban J connectivity index is 2.77. The van der Waals surface area contributed by atoms with Crippen molar-refractivity contribution in [2.24, 2.45) is 0 Å². The number of thioether (sulfide) groups is 1. The molecular formula is C7H8ClNO3S2. The summed E-state index contributed by atoms with van der Waals surface area (Å²) in [6.07, 6.45) is 0. The number of hydrogen-bond acceptors (Lipinski definition) is 6. The molecule has 7 heteroatoms.